The molecule has 8 heteroatoms. The van der Waals surface area contributed by atoms with E-state index in [1.165, 1.54) is 10.9 Å². The summed E-state index contributed by atoms with van der Waals surface area (Å²) in [5.74, 6) is -0.158. The Morgan fingerprint density at radius 1 is 1.50 bits per heavy atom. The molecule has 1 aliphatic heterocycles. The van der Waals surface area contributed by atoms with Crippen LogP contribution in [0.2, 0.25) is 5.15 Å². The van der Waals surface area contributed by atoms with Gasteiger partial charge < -0.3 is 10.5 Å². The van der Waals surface area contributed by atoms with Crippen molar-refractivity contribution in [3.8, 4) is 0 Å². The maximum atomic E-state index is 14.4. The lowest BCUT2D eigenvalue weighted by Crippen LogP contribution is -2.20. The van der Waals surface area contributed by atoms with Crippen molar-refractivity contribution in [1.82, 2.24) is 19.5 Å². The Bertz CT molecular complexity index is 648. The summed E-state index contributed by atoms with van der Waals surface area (Å²) in [6.07, 6.45) is 0.203. The first-order valence-corrected chi connectivity index (χ1v) is 6.85. The molecule has 2 N–H and O–H groups in total. The van der Waals surface area contributed by atoms with E-state index in [0.29, 0.717) is 11.2 Å². The van der Waals surface area contributed by atoms with E-state index in [0.717, 1.165) is 6.42 Å². The highest BCUT2D eigenvalue weighted by atomic mass is 35.5. The van der Waals surface area contributed by atoms with Gasteiger partial charge in [-0.25, -0.2) is 9.37 Å². The number of alkyl halides is 1. The molecule has 0 spiro atoms. The van der Waals surface area contributed by atoms with Crippen LogP contribution in [0.25, 0.3) is 11.2 Å². The molecule has 1 fully saturated rings. The van der Waals surface area contributed by atoms with Crippen LogP contribution in [0.1, 0.15) is 26.5 Å². The molecule has 3 heterocycles. The lowest BCUT2D eigenvalue weighted by Gasteiger charge is -2.15. The number of nitrogens with two attached hydrogens (primary N) is 1. The predicted octanol–water partition coefficient (Wildman–Crippen LogP) is 2.34. The number of hydrogen-bond donors (Lipinski definition) is 1. The van der Waals surface area contributed by atoms with Crippen LogP contribution < -0.4 is 5.73 Å². The van der Waals surface area contributed by atoms with Crippen LogP contribution in [0, 0.1) is 5.92 Å². The molecule has 4 atom stereocenters. The summed E-state index contributed by atoms with van der Waals surface area (Å²) >= 11 is 5.96. The molecule has 0 aliphatic carbocycles. The quantitative estimate of drug-likeness (QED) is 0.861. The lowest BCUT2D eigenvalue weighted by molar-refractivity contribution is -0.0186. The third-order valence-corrected chi connectivity index (χ3v) is 4.01. The van der Waals surface area contributed by atoms with Crippen molar-refractivity contribution in [2.45, 2.75) is 38.8 Å². The van der Waals surface area contributed by atoms with E-state index in [1.54, 1.807) is 0 Å². The van der Waals surface area contributed by atoms with Crippen LogP contribution in [0.5, 0.6) is 0 Å². The smallest absolute Gasteiger partial charge is 0.223 e. The van der Waals surface area contributed by atoms with E-state index < -0.39 is 12.4 Å². The zero-order valence-corrected chi connectivity index (χ0v) is 11.9. The normalized spacial score (nSPS) is 30.2. The third kappa shape index (κ3) is 1.92. The van der Waals surface area contributed by atoms with Gasteiger partial charge in [0.05, 0.1) is 12.4 Å². The summed E-state index contributed by atoms with van der Waals surface area (Å²) in [6, 6.07) is 0. The highest BCUT2D eigenvalue weighted by Gasteiger charge is 2.43. The van der Waals surface area contributed by atoms with Crippen molar-refractivity contribution in [3.05, 3.63) is 11.5 Å². The number of imidazole rings is 1. The monoisotopic (exact) mass is 299 g/mol. The molecule has 0 unspecified atom stereocenters. The average Bonchev–Trinajstić information content (AvgIpc) is 2.93. The van der Waals surface area contributed by atoms with Crippen LogP contribution in [-0.2, 0) is 4.74 Å². The second-order valence-corrected chi connectivity index (χ2v) is 5.33. The van der Waals surface area contributed by atoms with E-state index in [1.807, 2.05) is 13.8 Å². The lowest BCUT2D eigenvalue weighted by atomic mass is 10.00. The molecule has 0 radical (unpaired) electrons. The Hall–Kier alpha value is -1.47. The number of hydrogen-bond acceptors (Lipinski definition) is 5. The van der Waals surface area contributed by atoms with Crippen molar-refractivity contribution < 1.29 is 9.13 Å². The van der Waals surface area contributed by atoms with Gasteiger partial charge in [0.15, 0.2) is 23.2 Å². The number of halogens is 2. The predicted molar refractivity (Wildman–Crippen MR) is 73.0 cm³/mol. The molecular formula is C12H15ClFN5O. The summed E-state index contributed by atoms with van der Waals surface area (Å²) in [4.78, 5) is 12.0. The standard InChI is InChI=1S/C12H15ClFN5O/c1-3-6-5(2)7(14)11(20-6)19-4-16-8-9(13)17-12(15)18-10(8)19/h4-7,11H,3H2,1-2H3,(H2,15,17,18)/t5-,6-,7-,11-/m1/s1. The van der Waals surface area contributed by atoms with Crippen LogP contribution in [0.4, 0.5) is 10.3 Å². The summed E-state index contributed by atoms with van der Waals surface area (Å²) in [6.45, 7) is 3.81. The van der Waals surface area contributed by atoms with Gasteiger partial charge in [-0.2, -0.15) is 9.97 Å². The van der Waals surface area contributed by atoms with Gasteiger partial charge in [-0.1, -0.05) is 25.4 Å². The molecular weight excluding hydrogens is 285 g/mol. The minimum atomic E-state index is -1.13. The van der Waals surface area contributed by atoms with Gasteiger partial charge in [0.2, 0.25) is 5.95 Å². The van der Waals surface area contributed by atoms with Gasteiger partial charge in [-0.05, 0) is 6.42 Å². The number of nitrogen functional groups attached to an aromatic ring is 1. The number of fused-ring (bicyclic) bond motifs is 1. The maximum Gasteiger partial charge on any atom is 0.223 e. The zero-order chi connectivity index (χ0) is 14.4. The minimum Gasteiger partial charge on any atom is -0.368 e. The molecule has 3 rings (SSSR count). The number of nitrogens with zero attached hydrogens (tertiary/aromatic N) is 4. The molecule has 2 aromatic rings. The van der Waals surface area contributed by atoms with Gasteiger partial charge in [0, 0.05) is 5.92 Å². The summed E-state index contributed by atoms with van der Waals surface area (Å²) < 4.78 is 21.7. The molecule has 0 aromatic carbocycles. The number of ether oxygens (including phenoxy) is 1. The van der Waals surface area contributed by atoms with Gasteiger partial charge >= 0.3 is 0 Å². The van der Waals surface area contributed by atoms with Crippen LogP contribution in [0.15, 0.2) is 6.33 Å². The third-order valence-electron chi connectivity index (χ3n) is 3.75. The van der Waals surface area contributed by atoms with Gasteiger partial charge in [-0.3, -0.25) is 4.57 Å². The van der Waals surface area contributed by atoms with Crippen molar-refractivity contribution in [1.29, 1.82) is 0 Å². The van der Waals surface area contributed by atoms with Crippen molar-refractivity contribution in [3.63, 3.8) is 0 Å². The number of rotatable bonds is 2. The first-order chi connectivity index (χ1) is 9.52. The first kappa shape index (κ1) is 13.5. The van der Waals surface area contributed by atoms with Gasteiger partial charge in [-0.15, -0.1) is 0 Å². The van der Waals surface area contributed by atoms with Crippen LogP contribution in [-0.4, -0.2) is 31.8 Å². The number of anilines is 1. The van der Waals surface area contributed by atoms with E-state index in [2.05, 4.69) is 15.0 Å². The number of aromatic nitrogens is 4. The van der Waals surface area contributed by atoms with Crippen molar-refractivity contribution in [2.24, 2.45) is 5.92 Å². The first-order valence-electron chi connectivity index (χ1n) is 6.48. The van der Waals surface area contributed by atoms with Crippen LogP contribution >= 0.6 is 11.6 Å². The molecule has 6 nitrogen and oxygen atoms in total. The second-order valence-electron chi connectivity index (χ2n) is 4.97. The molecule has 2 aromatic heterocycles. The van der Waals surface area contributed by atoms with Crippen molar-refractivity contribution >= 4 is 28.7 Å². The molecule has 0 amide bonds. The van der Waals surface area contributed by atoms with Gasteiger partial charge in [0.1, 0.15) is 5.52 Å². The molecule has 20 heavy (non-hydrogen) atoms. The summed E-state index contributed by atoms with van der Waals surface area (Å²) in [5, 5.41) is 0.153. The Morgan fingerprint density at radius 2 is 2.25 bits per heavy atom. The van der Waals surface area contributed by atoms with Crippen LogP contribution in [0.3, 0.4) is 0 Å². The highest BCUT2D eigenvalue weighted by Crippen LogP contribution is 2.38. The SMILES string of the molecule is CC[C@H]1O[C@@H](n2cnc3c(Cl)nc(N)nc32)[C@H](F)[C@@H]1C. The Morgan fingerprint density at radius 3 is 2.90 bits per heavy atom. The van der Waals surface area contributed by atoms with E-state index in [4.69, 9.17) is 22.1 Å². The molecule has 1 saturated heterocycles. The van der Waals surface area contributed by atoms with E-state index in [9.17, 15) is 4.39 Å². The molecule has 1 aliphatic rings. The maximum absolute atomic E-state index is 14.4. The average molecular weight is 300 g/mol. The van der Waals surface area contributed by atoms with Crippen molar-refractivity contribution in [2.75, 3.05) is 5.73 Å². The molecule has 108 valence electrons. The Kier molecular flexibility index (Phi) is 3.25. The second kappa shape index (κ2) is 4.82. The Balaban J connectivity index is 2.07. The van der Waals surface area contributed by atoms with E-state index >= 15 is 0 Å². The summed E-state index contributed by atoms with van der Waals surface area (Å²) in [7, 11) is 0. The largest absolute Gasteiger partial charge is 0.368 e. The zero-order valence-electron chi connectivity index (χ0n) is 11.1. The highest BCUT2D eigenvalue weighted by molar-refractivity contribution is 6.33. The fourth-order valence-electron chi connectivity index (χ4n) is 2.61. The molecule has 0 bridgehead atoms. The minimum absolute atomic E-state index is 0.0257. The topological polar surface area (TPSA) is 78.8 Å². The van der Waals surface area contributed by atoms with Gasteiger partial charge in [0.25, 0.3) is 0 Å². The summed E-state index contributed by atoms with van der Waals surface area (Å²) in [5.41, 5.74) is 6.37. The fourth-order valence-corrected chi connectivity index (χ4v) is 2.83. The Labute approximate surface area is 120 Å². The van der Waals surface area contributed by atoms with E-state index in [-0.39, 0.29) is 23.1 Å². The molecule has 0 saturated carbocycles. The fraction of sp³-hybridized carbons (Fsp3) is 0.583.